The van der Waals surface area contributed by atoms with Gasteiger partial charge in [0.05, 0.1) is 23.8 Å². The highest BCUT2D eigenvalue weighted by Crippen LogP contribution is 2.18. The summed E-state index contributed by atoms with van der Waals surface area (Å²) < 4.78 is 1.41. The van der Waals surface area contributed by atoms with Crippen LogP contribution in [0.3, 0.4) is 0 Å². The largest absolute Gasteiger partial charge is 0.368 e. The van der Waals surface area contributed by atoms with Gasteiger partial charge in [0.1, 0.15) is 0 Å². The van der Waals surface area contributed by atoms with E-state index in [0.29, 0.717) is 27.7 Å². The predicted molar refractivity (Wildman–Crippen MR) is 109 cm³/mol. The van der Waals surface area contributed by atoms with E-state index in [2.05, 4.69) is 25.3 Å². The Hall–Kier alpha value is -3.52. The van der Waals surface area contributed by atoms with E-state index >= 15 is 0 Å². The number of anilines is 3. The topological polar surface area (TPSA) is 112 Å². The fourth-order valence-corrected chi connectivity index (χ4v) is 2.97. The molecule has 0 aliphatic carbocycles. The number of nitrogens with zero attached hydrogens (tertiary/aromatic N) is 5. The highest BCUT2D eigenvalue weighted by atomic mass is 35.5. The molecule has 0 saturated heterocycles. The lowest BCUT2D eigenvalue weighted by Gasteiger charge is -2.10. The van der Waals surface area contributed by atoms with Crippen LogP contribution in [0.5, 0.6) is 0 Å². The minimum Gasteiger partial charge on any atom is -0.368 e. The van der Waals surface area contributed by atoms with Gasteiger partial charge in [-0.25, -0.2) is 4.98 Å². The molecule has 28 heavy (non-hydrogen) atoms. The Morgan fingerprint density at radius 1 is 1.14 bits per heavy atom. The lowest BCUT2D eigenvalue weighted by Crippen LogP contribution is -2.22. The van der Waals surface area contributed by atoms with Gasteiger partial charge >= 0.3 is 0 Å². The molecule has 4 aromatic rings. The zero-order chi connectivity index (χ0) is 19.7. The van der Waals surface area contributed by atoms with Crippen molar-refractivity contribution in [3.63, 3.8) is 0 Å². The van der Waals surface area contributed by atoms with E-state index in [4.69, 9.17) is 17.3 Å². The molecule has 0 fully saturated rings. The fraction of sp³-hybridized carbons (Fsp3) is 0.105. The zero-order valence-electron chi connectivity index (χ0n) is 14.9. The number of nitrogens with two attached hydrogens (primary N) is 1. The van der Waals surface area contributed by atoms with Gasteiger partial charge in [0.2, 0.25) is 11.9 Å². The molecule has 0 saturated carbocycles. The SMILES string of the molecule is Cc1ccccc1Nc1nc(N)nc(Cn2cnc3ccc(Cl)cc3c2=O)n1. The van der Waals surface area contributed by atoms with E-state index in [1.54, 1.807) is 18.2 Å². The Morgan fingerprint density at radius 2 is 1.96 bits per heavy atom. The molecule has 8 nitrogen and oxygen atoms in total. The molecule has 0 amide bonds. The number of nitrogens with one attached hydrogen (secondary N) is 1. The number of halogens is 1. The van der Waals surface area contributed by atoms with E-state index in [-0.39, 0.29) is 18.1 Å². The molecular formula is C19H16ClN7O. The summed E-state index contributed by atoms with van der Waals surface area (Å²) in [7, 11) is 0. The highest BCUT2D eigenvalue weighted by Gasteiger charge is 2.10. The first-order chi connectivity index (χ1) is 13.5. The van der Waals surface area contributed by atoms with Gasteiger partial charge in [-0.2, -0.15) is 15.0 Å². The van der Waals surface area contributed by atoms with Crippen molar-refractivity contribution in [1.82, 2.24) is 24.5 Å². The van der Waals surface area contributed by atoms with E-state index < -0.39 is 0 Å². The van der Waals surface area contributed by atoms with Crippen molar-refractivity contribution in [2.45, 2.75) is 13.5 Å². The second-order valence-corrected chi connectivity index (χ2v) is 6.65. The fourth-order valence-electron chi connectivity index (χ4n) is 2.79. The van der Waals surface area contributed by atoms with Crippen molar-refractivity contribution in [3.8, 4) is 0 Å². The maximum Gasteiger partial charge on any atom is 0.261 e. The summed E-state index contributed by atoms with van der Waals surface area (Å²) in [5, 5.41) is 4.03. The number of benzene rings is 2. The monoisotopic (exact) mass is 393 g/mol. The van der Waals surface area contributed by atoms with Crippen molar-refractivity contribution in [2.24, 2.45) is 0 Å². The Kier molecular flexibility index (Phi) is 4.62. The molecule has 0 aliphatic rings. The van der Waals surface area contributed by atoms with Crippen LogP contribution in [0, 0.1) is 6.92 Å². The van der Waals surface area contributed by atoms with Gasteiger partial charge in [0.15, 0.2) is 5.82 Å². The molecule has 3 N–H and O–H groups in total. The van der Waals surface area contributed by atoms with Crippen molar-refractivity contribution in [1.29, 1.82) is 0 Å². The quantitative estimate of drug-likeness (QED) is 0.548. The molecule has 140 valence electrons. The van der Waals surface area contributed by atoms with Crippen molar-refractivity contribution < 1.29 is 0 Å². The number of aromatic nitrogens is 5. The van der Waals surface area contributed by atoms with Crippen molar-refractivity contribution in [2.75, 3.05) is 11.1 Å². The average molecular weight is 394 g/mol. The minimum atomic E-state index is -0.236. The standard InChI is InChI=1S/C19H16ClN7O/c1-11-4-2-3-5-14(11)23-19-25-16(24-18(21)26-19)9-27-10-22-15-7-6-12(20)8-13(15)17(27)28/h2-8,10H,9H2,1H3,(H3,21,23,24,25,26). The molecular weight excluding hydrogens is 378 g/mol. The first-order valence-electron chi connectivity index (χ1n) is 8.47. The van der Waals surface area contributed by atoms with Gasteiger partial charge < -0.3 is 11.1 Å². The van der Waals surface area contributed by atoms with Gasteiger partial charge in [-0.15, -0.1) is 0 Å². The van der Waals surface area contributed by atoms with Crippen LogP contribution in [-0.4, -0.2) is 24.5 Å². The van der Waals surface area contributed by atoms with E-state index in [1.165, 1.54) is 10.9 Å². The van der Waals surface area contributed by atoms with Crippen LogP contribution < -0.4 is 16.6 Å². The summed E-state index contributed by atoms with van der Waals surface area (Å²) in [6.07, 6.45) is 1.45. The first-order valence-corrected chi connectivity index (χ1v) is 8.85. The number of aryl methyl sites for hydroxylation is 1. The molecule has 0 atom stereocenters. The van der Waals surface area contributed by atoms with Gasteiger partial charge in [-0.1, -0.05) is 29.8 Å². The van der Waals surface area contributed by atoms with E-state index in [9.17, 15) is 4.79 Å². The highest BCUT2D eigenvalue weighted by molar-refractivity contribution is 6.31. The summed E-state index contributed by atoms with van der Waals surface area (Å²) in [6.45, 7) is 2.07. The molecule has 9 heteroatoms. The van der Waals surface area contributed by atoms with Crippen LogP contribution in [0.2, 0.25) is 5.02 Å². The van der Waals surface area contributed by atoms with Gasteiger partial charge in [0.25, 0.3) is 5.56 Å². The Morgan fingerprint density at radius 3 is 2.79 bits per heavy atom. The summed E-state index contributed by atoms with van der Waals surface area (Å²) >= 11 is 6.00. The molecule has 2 aromatic carbocycles. The molecule has 0 spiro atoms. The van der Waals surface area contributed by atoms with Crippen molar-refractivity contribution >= 4 is 40.1 Å². The van der Waals surface area contributed by atoms with Gasteiger partial charge in [-0.05, 0) is 36.8 Å². The lowest BCUT2D eigenvalue weighted by molar-refractivity contribution is 0.704. The lowest BCUT2D eigenvalue weighted by atomic mass is 10.2. The number of rotatable bonds is 4. The first kappa shape index (κ1) is 17.9. The summed E-state index contributed by atoms with van der Waals surface area (Å²) in [5.41, 5.74) is 8.06. The third-order valence-electron chi connectivity index (χ3n) is 4.19. The third kappa shape index (κ3) is 3.63. The summed E-state index contributed by atoms with van der Waals surface area (Å²) in [4.78, 5) is 29.7. The zero-order valence-corrected chi connectivity index (χ0v) is 15.7. The summed E-state index contributed by atoms with van der Waals surface area (Å²) in [6, 6.07) is 12.7. The second-order valence-electron chi connectivity index (χ2n) is 6.21. The maximum absolute atomic E-state index is 12.7. The molecule has 2 aromatic heterocycles. The number of para-hydroxylation sites is 1. The van der Waals surface area contributed by atoms with Gasteiger partial charge in [0, 0.05) is 10.7 Å². The van der Waals surface area contributed by atoms with Crippen LogP contribution in [0.15, 0.2) is 53.6 Å². The van der Waals surface area contributed by atoms with E-state index in [0.717, 1.165) is 11.3 Å². The molecule has 2 heterocycles. The molecule has 0 aliphatic heterocycles. The summed E-state index contributed by atoms with van der Waals surface area (Å²) in [5.74, 6) is 0.710. The minimum absolute atomic E-state index is 0.0610. The van der Waals surface area contributed by atoms with Gasteiger partial charge in [-0.3, -0.25) is 9.36 Å². The van der Waals surface area contributed by atoms with Crippen LogP contribution in [-0.2, 0) is 6.54 Å². The van der Waals surface area contributed by atoms with E-state index in [1.807, 2.05) is 31.2 Å². The second kappa shape index (κ2) is 7.24. The van der Waals surface area contributed by atoms with Crippen LogP contribution in [0.25, 0.3) is 10.9 Å². The molecule has 0 unspecified atom stereocenters. The molecule has 0 radical (unpaired) electrons. The van der Waals surface area contributed by atoms with Crippen LogP contribution in [0.4, 0.5) is 17.6 Å². The molecule has 0 bridgehead atoms. The Bertz CT molecular complexity index is 1240. The number of hydrogen-bond acceptors (Lipinski definition) is 7. The Balaban J connectivity index is 1.68. The Labute approximate surface area is 165 Å². The average Bonchev–Trinajstić information content (AvgIpc) is 2.66. The van der Waals surface area contributed by atoms with Crippen LogP contribution in [0.1, 0.15) is 11.4 Å². The molecule has 4 rings (SSSR count). The third-order valence-corrected chi connectivity index (χ3v) is 4.42. The number of fused-ring (bicyclic) bond motifs is 1. The van der Waals surface area contributed by atoms with Crippen molar-refractivity contribution in [3.05, 3.63) is 75.6 Å². The van der Waals surface area contributed by atoms with Crippen LogP contribution >= 0.6 is 11.6 Å². The normalized spacial score (nSPS) is 10.9. The predicted octanol–water partition coefficient (Wildman–Crippen LogP) is 2.92. The number of hydrogen-bond donors (Lipinski definition) is 2. The smallest absolute Gasteiger partial charge is 0.261 e. The number of nitrogen functional groups attached to an aromatic ring is 1. The maximum atomic E-state index is 12.7.